The lowest BCUT2D eigenvalue weighted by Crippen LogP contribution is -1.89. The maximum Gasteiger partial charge on any atom is -0.0320 e. The molecule has 0 heterocycles. The number of rotatable bonds is 0. The molecule has 0 unspecified atom stereocenters. The van der Waals surface area contributed by atoms with Crippen LogP contribution in [-0.2, 0) is 0 Å². The zero-order valence-corrected chi connectivity index (χ0v) is 11.5. The summed E-state index contributed by atoms with van der Waals surface area (Å²) >= 11 is 0. The van der Waals surface area contributed by atoms with Gasteiger partial charge in [-0.2, -0.15) is 0 Å². The molecule has 0 heteroatoms. The fourth-order valence-corrected chi connectivity index (χ4v) is 2.62. The van der Waals surface area contributed by atoms with Crippen LogP contribution in [0.4, 0.5) is 0 Å². The Morgan fingerprint density at radius 2 is 0.688 bits per heavy atom. The van der Waals surface area contributed by atoms with Gasteiger partial charge in [-0.15, -0.1) is 0 Å². The van der Waals surface area contributed by atoms with Crippen LogP contribution in [0.3, 0.4) is 0 Å². The van der Waals surface area contributed by atoms with E-state index < -0.39 is 0 Å². The van der Waals surface area contributed by atoms with Crippen LogP contribution in [0.25, 0.3) is 0 Å². The van der Waals surface area contributed by atoms with E-state index in [0.717, 1.165) is 0 Å². The van der Waals surface area contributed by atoms with E-state index in [0.29, 0.717) is 0 Å². The molecule has 1 aliphatic carbocycles. The molecule has 0 N–H and O–H groups in total. The molecule has 1 aliphatic rings. The van der Waals surface area contributed by atoms with Crippen LogP contribution in [0.1, 0.15) is 90.9 Å². The Morgan fingerprint density at radius 1 is 0.438 bits per heavy atom. The van der Waals surface area contributed by atoms with Crippen LogP contribution in [-0.4, -0.2) is 0 Å². The van der Waals surface area contributed by atoms with Crippen LogP contribution in [0.15, 0.2) is 11.1 Å². The van der Waals surface area contributed by atoms with E-state index in [4.69, 9.17) is 0 Å². The van der Waals surface area contributed by atoms with E-state index in [1.807, 2.05) is 0 Å². The largest absolute Gasteiger partial charge is 0.0744 e. The summed E-state index contributed by atoms with van der Waals surface area (Å²) in [5, 5.41) is 0. The first kappa shape index (κ1) is 13.8. The van der Waals surface area contributed by atoms with Crippen LogP contribution in [0, 0.1) is 0 Å². The molecule has 0 saturated carbocycles. The van der Waals surface area contributed by atoms with Crippen molar-refractivity contribution in [2.24, 2.45) is 0 Å². The molecule has 0 saturated heterocycles. The van der Waals surface area contributed by atoms with Crippen molar-refractivity contribution in [2.45, 2.75) is 90.9 Å². The third-order valence-corrected chi connectivity index (χ3v) is 4.08. The van der Waals surface area contributed by atoms with Gasteiger partial charge in [-0.25, -0.2) is 0 Å². The van der Waals surface area contributed by atoms with Gasteiger partial charge in [0.2, 0.25) is 0 Å². The molecular weight excluding hydrogens is 192 g/mol. The van der Waals surface area contributed by atoms with E-state index in [1.165, 1.54) is 77.0 Å². The first-order valence-corrected chi connectivity index (χ1v) is 7.46. The van der Waals surface area contributed by atoms with Crippen molar-refractivity contribution in [1.82, 2.24) is 0 Å². The minimum Gasteiger partial charge on any atom is -0.0744 e. The minimum atomic E-state index is 1.35. The quantitative estimate of drug-likeness (QED) is 0.440. The van der Waals surface area contributed by atoms with Gasteiger partial charge in [0.1, 0.15) is 0 Å². The predicted molar refractivity (Wildman–Crippen MR) is 73.8 cm³/mol. The lowest BCUT2D eigenvalue weighted by Gasteiger charge is -2.09. The van der Waals surface area contributed by atoms with E-state index in [-0.39, 0.29) is 0 Å². The second kappa shape index (κ2) is 8.84. The summed E-state index contributed by atoms with van der Waals surface area (Å²) in [4.78, 5) is 0. The van der Waals surface area contributed by atoms with Crippen molar-refractivity contribution in [2.75, 3.05) is 0 Å². The SMILES string of the molecule is C/C1=C(/C)CCCCCCCCCCCC1. The van der Waals surface area contributed by atoms with Gasteiger partial charge in [0.05, 0.1) is 0 Å². The molecule has 16 heavy (non-hydrogen) atoms. The second-order valence-corrected chi connectivity index (χ2v) is 5.60. The van der Waals surface area contributed by atoms with Crippen molar-refractivity contribution in [3.63, 3.8) is 0 Å². The molecule has 0 bridgehead atoms. The molecule has 0 nitrogen and oxygen atoms in total. The maximum atomic E-state index is 2.35. The summed E-state index contributed by atoms with van der Waals surface area (Å²) < 4.78 is 0. The fourth-order valence-electron chi connectivity index (χ4n) is 2.62. The molecule has 0 spiro atoms. The smallest absolute Gasteiger partial charge is 0.0320 e. The van der Waals surface area contributed by atoms with Crippen molar-refractivity contribution in [1.29, 1.82) is 0 Å². The first-order chi connectivity index (χ1) is 7.80. The molecule has 0 radical (unpaired) electrons. The molecule has 0 aromatic carbocycles. The Morgan fingerprint density at radius 3 is 1.00 bits per heavy atom. The van der Waals surface area contributed by atoms with Gasteiger partial charge in [-0.1, -0.05) is 62.5 Å². The highest BCUT2D eigenvalue weighted by Crippen LogP contribution is 2.20. The lowest BCUT2D eigenvalue weighted by molar-refractivity contribution is 0.545. The van der Waals surface area contributed by atoms with Crippen LogP contribution < -0.4 is 0 Å². The van der Waals surface area contributed by atoms with Crippen LogP contribution >= 0.6 is 0 Å². The average molecular weight is 222 g/mol. The highest BCUT2D eigenvalue weighted by molar-refractivity contribution is 5.09. The summed E-state index contributed by atoms with van der Waals surface area (Å²) in [6, 6.07) is 0. The third-order valence-electron chi connectivity index (χ3n) is 4.08. The molecule has 0 aliphatic heterocycles. The molecule has 0 aromatic heterocycles. The number of hydrogen-bond donors (Lipinski definition) is 0. The molecule has 0 aromatic rings. The zero-order chi connectivity index (χ0) is 11.6. The standard InChI is InChI=1S/C16H30/c1-15-13-11-9-7-5-3-4-6-8-10-12-14-16(15)2/h3-14H2,1-2H3/b16-15+. The first-order valence-electron chi connectivity index (χ1n) is 7.46. The van der Waals surface area contributed by atoms with E-state index in [1.54, 1.807) is 11.1 Å². The van der Waals surface area contributed by atoms with E-state index >= 15 is 0 Å². The van der Waals surface area contributed by atoms with Gasteiger partial charge >= 0.3 is 0 Å². The Hall–Kier alpha value is -0.260. The topological polar surface area (TPSA) is 0 Å². The van der Waals surface area contributed by atoms with Gasteiger partial charge in [0.25, 0.3) is 0 Å². The predicted octanol–water partition coefficient (Wildman–Crippen LogP) is 6.02. The normalized spacial score (nSPS) is 27.4. The lowest BCUT2D eigenvalue weighted by atomic mass is 9.97. The second-order valence-electron chi connectivity index (χ2n) is 5.60. The monoisotopic (exact) mass is 222 g/mol. The summed E-state index contributed by atoms with van der Waals surface area (Å²) in [7, 11) is 0. The highest BCUT2D eigenvalue weighted by Gasteiger charge is 2.00. The maximum absolute atomic E-state index is 2.35. The Labute approximate surface area is 103 Å². The summed E-state index contributed by atoms with van der Waals surface area (Å²) in [5.74, 6) is 0. The number of hydrogen-bond acceptors (Lipinski definition) is 0. The summed E-state index contributed by atoms with van der Waals surface area (Å²) in [6.07, 6.45) is 17.3. The molecule has 94 valence electrons. The van der Waals surface area contributed by atoms with Gasteiger partial charge < -0.3 is 0 Å². The number of allylic oxidation sites excluding steroid dienone is 2. The third kappa shape index (κ3) is 6.35. The van der Waals surface area contributed by atoms with Gasteiger partial charge in [-0.05, 0) is 39.5 Å². The Bertz CT molecular complexity index is 178. The Balaban J connectivity index is 2.33. The van der Waals surface area contributed by atoms with Crippen molar-refractivity contribution < 1.29 is 0 Å². The van der Waals surface area contributed by atoms with Crippen molar-refractivity contribution in [3.8, 4) is 0 Å². The Kier molecular flexibility index (Phi) is 7.63. The van der Waals surface area contributed by atoms with Crippen molar-refractivity contribution >= 4 is 0 Å². The van der Waals surface area contributed by atoms with Crippen molar-refractivity contribution in [3.05, 3.63) is 11.1 Å². The molecular formula is C16H30. The van der Waals surface area contributed by atoms with Gasteiger partial charge in [-0.3, -0.25) is 0 Å². The van der Waals surface area contributed by atoms with Crippen LogP contribution in [0.5, 0.6) is 0 Å². The summed E-state index contributed by atoms with van der Waals surface area (Å²) in [5.41, 5.74) is 3.36. The average Bonchev–Trinajstić information content (AvgIpc) is 2.29. The van der Waals surface area contributed by atoms with E-state index in [2.05, 4.69) is 13.8 Å². The highest BCUT2D eigenvalue weighted by atomic mass is 14.1. The molecule has 1 rings (SSSR count). The van der Waals surface area contributed by atoms with Gasteiger partial charge in [0, 0.05) is 0 Å². The van der Waals surface area contributed by atoms with E-state index in [9.17, 15) is 0 Å². The molecule has 0 fully saturated rings. The minimum absolute atomic E-state index is 1.35. The van der Waals surface area contributed by atoms with Gasteiger partial charge in [0.15, 0.2) is 0 Å². The zero-order valence-electron chi connectivity index (χ0n) is 11.5. The molecule has 0 amide bonds. The molecule has 0 atom stereocenters. The van der Waals surface area contributed by atoms with Crippen LogP contribution in [0.2, 0.25) is 0 Å². The summed E-state index contributed by atoms with van der Waals surface area (Å²) in [6.45, 7) is 4.70. The fraction of sp³-hybridized carbons (Fsp3) is 0.875.